The lowest BCUT2D eigenvalue weighted by Gasteiger charge is -2.30. The zero-order valence-corrected chi connectivity index (χ0v) is 15.4. The van der Waals surface area contributed by atoms with Gasteiger partial charge in [0.1, 0.15) is 18.7 Å². The molecule has 0 spiro atoms. The molecule has 0 bridgehead atoms. The number of hydrogen-bond acceptors (Lipinski definition) is 5. The second-order valence-electron chi connectivity index (χ2n) is 5.65. The van der Waals surface area contributed by atoms with Crippen LogP contribution >= 0.6 is 0 Å². The minimum Gasteiger partial charge on any atom is -0.464 e. The van der Waals surface area contributed by atoms with Gasteiger partial charge in [0.05, 0.1) is 6.61 Å². The maximum Gasteiger partial charge on any atom is 0.410 e. The molecule has 2 atom stereocenters. The van der Waals surface area contributed by atoms with E-state index in [2.05, 4.69) is 13.5 Å². The smallest absolute Gasteiger partial charge is 0.410 e. The maximum absolute atomic E-state index is 12.4. The van der Waals surface area contributed by atoms with Gasteiger partial charge >= 0.3 is 12.1 Å². The van der Waals surface area contributed by atoms with Crippen molar-refractivity contribution >= 4 is 18.0 Å². The van der Waals surface area contributed by atoms with Gasteiger partial charge in [-0.05, 0) is 20.3 Å². The topological polar surface area (TPSA) is 76.2 Å². The molecule has 24 heavy (non-hydrogen) atoms. The number of hydrogen-bond donors (Lipinski definition) is 0. The highest BCUT2D eigenvalue weighted by atomic mass is 16.6. The van der Waals surface area contributed by atoms with Crippen molar-refractivity contribution in [3.05, 3.63) is 12.7 Å². The van der Waals surface area contributed by atoms with Crippen LogP contribution in [0.1, 0.15) is 40.0 Å². The third-order valence-electron chi connectivity index (χ3n) is 3.81. The number of amides is 2. The molecule has 0 heterocycles. The summed E-state index contributed by atoms with van der Waals surface area (Å²) in [7, 11) is 2.98. The van der Waals surface area contributed by atoms with Crippen molar-refractivity contribution < 1.29 is 23.9 Å². The van der Waals surface area contributed by atoms with Gasteiger partial charge in [0, 0.05) is 14.1 Å². The number of unbranched alkanes of at least 4 members (excludes halogenated alkanes) is 2. The fourth-order valence-corrected chi connectivity index (χ4v) is 1.84. The Morgan fingerprint density at radius 1 is 1.04 bits per heavy atom. The normalized spacial score (nSPS) is 12.7. The van der Waals surface area contributed by atoms with Crippen LogP contribution in [0.5, 0.6) is 0 Å². The van der Waals surface area contributed by atoms with E-state index in [1.165, 1.54) is 30.0 Å². The zero-order valence-electron chi connectivity index (χ0n) is 15.4. The first kappa shape index (κ1) is 21.9. The Balaban J connectivity index is 4.57. The molecule has 7 heteroatoms. The summed E-state index contributed by atoms with van der Waals surface area (Å²) < 4.78 is 10.1. The lowest BCUT2D eigenvalue weighted by molar-refractivity contribution is -0.154. The number of likely N-dealkylation sites (N-methyl/N-ethyl adjacent to an activating group) is 2. The molecular formula is C17H30N2O5. The van der Waals surface area contributed by atoms with Crippen LogP contribution in [-0.4, -0.2) is 67.2 Å². The average Bonchev–Trinajstić information content (AvgIpc) is 2.59. The molecule has 0 aromatic carbocycles. The molecule has 0 aliphatic carbocycles. The minimum atomic E-state index is -0.761. The summed E-state index contributed by atoms with van der Waals surface area (Å²) in [5.41, 5.74) is 0. The van der Waals surface area contributed by atoms with Gasteiger partial charge in [-0.3, -0.25) is 9.69 Å². The van der Waals surface area contributed by atoms with E-state index in [4.69, 9.17) is 9.47 Å². The average molecular weight is 342 g/mol. The number of ether oxygens (including phenoxy) is 2. The molecule has 0 aliphatic rings. The Morgan fingerprint density at radius 3 is 2.21 bits per heavy atom. The molecule has 0 N–H and O–H groups in total. The Kier molecular flexibility index (Phi) is 10.5. The van der Waals surface area contributed by atoms with Gasteiger partial charge in [0.2, 0.25) is 5.91 Å². The van der Waals surface area contributed by atoms with Crippen LogP contribution in [0.4, 0.5) is 4.79 Å². The van der Waals surface area contributed by atoms with Crippen LogP contribution < -0.4 is 0 Å². The SMILES string of the molecule is C=CCOC(=O)N(C)C(C)C(=O)N(C)C(C)C(=O)OCCCCC. The Labute approximate surface area is 144 Å². The molecule has 2 amide bonds. The van der Waals surface area contributed by atoms with E-state index in [-0.39, 0.29) is 12.5 Å². The maximum atomic E-state index is 12.4. The summed E-state index contributed by atoms with van der Waals surface area (Å²) in [6.07, 6.45) is 3.66. The second kappa shape index (κ2) is 11.5. The van der Waals surface area contributed by atoms with Gasteiger partial charge in [0.25, 0.3) is 0 Å². The van der Waals surface area contributed by atoms with E-state index in [1.54, 1.807) is 13.8 Å². The van der Waals surface area contributed by atoms with Crippen LogP contribution in [0.3, 0.4) is 0 Å². The highest BCUT2D eigenvalue weighted by Gasteiger charge is 2.31. The van der Waals surface area contributed by atoms with Crippen LogP contribution in [-0.2, 0) is 19.1 Å². The molecule has 0 saturated heterocycles. The van der Waals surface area contributed by atoms with Gasteiger partial charge in [-0.25, -0.2) is 9.59 Å². The van der Waals surface area contributed by atoms with Gasteiger partial charge in [-0.1, -0.05) is 32.4 Å². The number of esters is 1. The summed E-state index contributed by atoms with van der Waals surface area (Å²) in [6, 6.07) is -1.48. The van der Waals surface area contributed by atoms with Crippen LogP contribution in [0.25, 0.3) is 0 Å². The predicted octanol–water partition coefficient (Wildman–Crippen LogP) is 2.21. The van der Waals surface area contributed by atoms with Gasteiger partial charge < -0.3 is 14.4 Å². The monoisotopic (exact) mass is 342 g/mol. The van der Waals surface area contributed by atoms with Crippen molar-refractivity contribution in [2.75, 3.05) is 27.3 Å². The summed E-state index contributed by atoms with van der Waals surface area (Å²) in [6.45, 7) is 9.12. The first-order valence-electron chi connectivity index (χ1n) is 8.21. The molecule has 0 fully saturated rings. The zero-order chi connectivity index (χ0) is 18.7. The van der Waals surface area contributed by atoms with Crippen LogP contribution in [0, 0.1) is 0 Å². The van der Waals surface area contributed by atoms with E-state index < -0.39 is 24.1 Å². The molecule has 0 radical (unpaired) electrons. The molecule has 0 aromatic heterocycles. The Bertz CT molecular complexity index is 439. The van der Waals surface area contributed by atoms with Crippen molar-refractivity contribution in [2.24, 2.45) is 0 Å². The minimum absolute atomic E-state index is 0.0699. The third kappa shape index (κ3) is 7.02. The largest absolute Gasteiger partial charge is 0.464 e. The summed E-state index contributed by atoms with van der Waals surface area (Å²) >= 11 is 0. The van der Waals surface area contributed by atoms with Gasteiger partial charge in [0.15, 0.2) is 0 Å². The lowest BCUT2D eigenvalue weighted by Crippen LogP contribution is -2.51. The molecule has 2 unspecified atom stereocenters. The van der Waals surface area contributed by atoms with Crippen LogP contribution in [0.15, 0.2) is 12.7 Å². The van der Waals surface area contributed by atoms with Crippen molar-refractivity contribution in [1.29, 1.82) is 0 Å². The van der Waals surface area contributed by atoms with Crippen LogP contribution in [0.2, 0.25) is 0 Å². The highest BCUT2D eigenvalue weighted by molar-refractivity contribution is 5.89. The Morgan fingerprint density at radius 2 is 1.67 bits per heavy atom. The van der Waals surface area contributed by atoms with E-state index in [0.29, 0.717) is 6.61 Å². The van der Waals surface area contributed by atoms with E-state index in [1.807, 2.05) is 0 Å². The fraction of sp³-hybridized carbons (Fsp3) is 0.706. The van der Waals surface area contributed by atoms with Crippen molar-refractivity contribution in [3.8, 4) is 0 Å². The molecule has 0 aliphatic heterocycles. The molecule has 0 aromatic rings. The van der Waals surface area contributed by atoms with Crippen molar-refractivity contribution in [1.82, 2.24) is 9.80 Å². The molecule has 0 saturated carbocycles. The molecule has 7 nitrogen and oxygen atoms in total. The van der Waals surface area contributed by atoms with E-state index in [9.17, 15) is 14.4 Å². The number of carbonyl (C=O) groups excluding carboxylic acids is 3. The molecular weight excluding hydrogens is 312 g/mol. The molecule has 138 valence electrons. The Hall–Kier alpha value is -2.05. The highest BCUT2D eigenvalue weighted by Crippen LogP contribution is 2.08. The second-order valence-corrected chi connectivity index (χ2v) is 5.65. The summed E-state index contributed by atoms with van der Waals surface area (Å²) in [4.78, 5) is 38.7. The predicted molar refractivity (Wildman–Crippen MR) is 91.5 cm³/mol. The fourth-order valence-electron chi connectivity index (χ4n) is 1.84. The molecule has 0 rings (SSSR count). The first-order chi connectivity index (χ1) is 11.3. The number of nitrogens with zero attached hydrogens (tertiary/aromatic N) is 2. The van der Waals surface area contributed by atoms with Gasteiger partial charge in [-0.2, -0.15) is 0 Å². The van der Waals surface area contributed by atoms with Crippen molar-refractivity contribution in [3.63, 3.8) is 0 Å². The summed E-state index contributed by atoms with van der Waals surface area (Å²) in [5, 5.41) is 0. The third-order valence-corrected chi connectivity index (χ3v) is 3.81. The quantitative estimate of drug-likeness (QED) is 0.346. The van der Waals surface area contributed by atoms with Crippen molar-refractivity contribution in [2.45, 2.75) is 52.1 Å². The standard InChI is InChI=1S/C17H30N2O5/c1-7-9-10-12-23-16(21)14(4)18(5)15(20)13(3)19(6)17(22)24-11-8-2/h8,13-14H,2,7,9-12H2,1,3-6H3. The number of carbonyl (C=O) groups is 3. The first-order valence-corrected chi connectivity index (χ1v) is 8.21. The summed E-state index contributed by atoms with van der Waals surface area (Å²) in [5.74, 6) is -0.822. The number of rotatable bonds is 10. The van der Waals surface area contributed by atoms with Gasteiger partial charge in [-0.15, -0.1) is 0 Å². The van der Waals surface area contributed by atoms with E-state index >= 15 is 0 Å². The lowest BCUT2D eigenvalue weighted by atomic mass is 10.2. The van der Waals surface area contributed by atoms with E-state index in [0.717, 1.165) is 19.3 Å².